The Kier molecular flexibility index (Phi) is 7.39. The first kappa shape index (κ1) is 36.8. The summed E-state index contributed by atoms with van der Waals surface area (Å²) in [6.45, 7) is 14.7. The highest BCUT2D eigenvalue weighted by Gasteiger charge is 2.40. The Bertz CT molecular complexity index is 3650. The molecule has 1 heteroatoms. The van der Waals surface area contributed by atoms with E-state index in [0.717, 1.165) is 0 Å². The third-order valence-corrected chi connectivity index (χ3v) is 19.2. The topological polar surface area (TPSA) is 0 Å². The van der Waals surface area contributed by atoms with Crippen LogP contribution in [0.15, 0.2) is 182 Å². The van der Waals surface area contributed by atoms with Crippen LogP contribution in [0.25, 0.3) is 99.1 Å². The second-order valence-electron chi connectivity index (χ2n) is 20.0. The minimum absolute atomic E-state index is 0.111. The maximum Gasteiger partial charge on any atom is 0.113 e. The maximum atomic E-state index is 2.65. The summed E-state index contributed by atoms with van der Waals surface area (Å²) in [6.07, 6.45) is 0. The molecule has 0 bridgehead atoms. The third kappa shape index (κ3) is 4.92. The van der Waals surface area contributed by atoms with E-state index in [2.05, 4.69) is 223 Å². The highest BCUT2D eigenvalue weighted by molar-refractivity contribution is 7.04. The summed E-state index contributed by atoms with van der Waals surface area (Å²) in [5.74, 6) is 0. The van der Waals surface area contributed by atoms with Crippen molar-refractivity contribution >= 4 is 50.8 Å². The lowest BCUT2D eigenvalue weighted by molar-refractivity contribution is 0.660. The van der Waals surface area contributed by atoms with Crippen LogP contribution in [-0.4, -0.2) is 8.07 Å². The molecule has 0 unspecified atom stereocenters. The van der Waals surface area contributed by atoms with Gasteiger partial charge in [0, 0.05) is 10.8 Å². The molecule has 0 saturated carbocycles. The average molecular weight is 821 g/mol. The van der Waals surface area contributed by atoms with Crippen molar-refractivity contribution in [3.05, 3.63) is 204 Å². The monoisotopic (exact) mass is 820 g/mol. The summed E-state index contributed by atoms with van der Waals surface area (Å²) in [5.41, 5.74) is 21.4. The molecule has 13 rings (SSSR count). The summed E-state index contributed by atoms with van der Waals surface area (Å²) in [6, 6.07) is 70.3. The van der Waals surface area contributed by atoms with Gasteiger partial charge in [-0.25, -0.2) is 0 Å². The summed E-state index contributed by atoms with van der Waals surface area (Å²) in [4.78, 5) is 0. The normalized spacial score (nSPS) is 15.5. The fourth-order valence-electron chi connectivity index (χ4n) is 12.4. The molecule has 1 heterocycles. The molecule has 1 aliphatic heterocycles. The Morgan fingerprint density at radius 1 is 0.302 bits per heavy atom. The molecule has 0 atom stereocenters. The summed E-state index contributed by atoms with van der Waals surface area (Å²) < 4.78 is 0. The summed E-state index contributed by atoms with van der Waals surface area (Å²) in [5, 5.41) is 10.9. The molecule has 0 nitrogen and oxygen atoms in total. The molecule has 0 fully saturated rings. The van der Waals surface area contributed by atoms with Crippen molar-refractivity contribution in [1.82, 2.24) is 0 Å². The largest absolute Gasteiger partial charge is 0.113 e. The first-order valence-electron chi connectivity index (χ1n) is 22.7. The molecule has 2 aliphatic carbocycles. The van der Waals surface area contributed by atoms with E-state index in [1.54, 1.807) is 0 Å². The molecule has 3 aliphatic rings. The first-order chi connectivity index (χ1) is 30.5. The van der Waals surface area contributed by atoms with Crippen molar-refractivity contribution in [2.75, 3.05) is 0 Å². The van der Waals surface area contributed by atoms with Crippen molar-refractivity contribution in [2.45, 2.75) is 51.6 Å². The summed E-state index contributed by atoms with van der Waals surface area (Å²) >= 11 is 0. The van der Waals surface area contributed by atoms with Gasteiger partial charge in [-0.3, -0.25) is 0 Å². The van der Waals surface area contributed by atoms with E-state index in [-0.39, 0.29) is 10.8 Å². The van der Waals surface area contributed by atoms with E-state index in [9.17, 15) is 0 Å². The molecular weight excluding hydrogens is 773 g/mol. The fraction of sp³-hybridized carbons (Fsp3) is 0.129. The first-order valence-corrected chi connectivity index (χ1v) is 25.7. The van der Waals surface area contributed by atoms with Crippen LogP contribution in [-0.2, 0) is 10.8 Å². The third-order valence-electron chi connectivity index (χ3n) is 15.7. The highest BCUT2D eigenvalue weighted by atomic mass is 28.3. The van der Waals surface area contributed by atoms with Gasteiger partial charge in [0.1, 0.15) is 8.07 Å². The molecule has 0 saturated heterocycles. The van der Waals surface area contributed by atoms with E-state index in [1.165, 1.54) is 132 Å². The van der Waals surface area contributed by atoms with Gasteiger partial charge in [-0.2, -0.15) is 0 Å². The molecule has 63 heavy (non-hydrogen) atoms. The number of hydrogen-bond donors (Lipinski definition) is 0. The molecule has 0 amide bonds. The molecule has 10 aromatic rings. The van der Waals surface area contributed by atoms with Crippen molar-refractivity contribution in [3.63, 3.8) is 0 Å². The lowest BCUT2D eigenvalue weighted by atomic mass is 9.79. The van der Waals surface area contributed by atoms with Crippen LogP contribution in [0, 0.1) is 0 Å². The summed E-state index contributed by atoms with van der Waals surface area (Å²) in [7, 11) is -2.03. The molecule has 0 radical (unpaired) electrons. The van der Waals surface area contributed by atoms with E-state index >= 15 is 0 Å². The van der Waals surface area contributed by atoms with Gasteiger partial charge in [0.2, 0.25) is 0 Å². The van der Waals surface area contributed by atoms with Crippen molar-refractivity contribution < 1.29 is 0 Å². The Balaban J connectivity index is 1.18. The Labute approximate surface area is 371 Å². The lowest BCUT2D eigenvalue weighted by Gasteiger charge is -2.25. The molecule has 10 aromatic carbocycles. The van der Waals surface area contributed by atoms with E-state index in [1.807, 2.05) is 0 Å². The second-order valence-corrected chi connectivity index (χ2v) is 24.3. The fourth-order valence-corrected chi connectivity index (χ4v) is 15.5. The molecule has 0 aromatic heterocycles. The van der Waals surface area contributed by atoms with Crippen molar-refractivity contribution in [2.24, 2.45) is 0 Å². The smallest absolute Gasteiger partial charge is 0.0623 e. The Morgan fingerprint density at radius 2 is 0.794 bits per heavy atom. The standard InChI is InChI=1S/C62H48Si/c1-61(2)53-23-12-9-19-43(53)45-29-27-39(33-55(45)61)59-48-31-26-38(42-22-15-17-37-16-7-8-18-41(37)42)32-50(48)60(40-28-30-46-44-20-10-13-24-54(44)62(3,4)56(46)34-40)52-36-58-49(35-51(52)59)47-21-11-14-25-57(47)63(58,5)6/h7-36H,1-6H3. The zero-order valence-electron chi connectivity index (χ0n) is 36.8. The molecule has 0 spiro atoms. The Morgan fingerprint density at radius 3 is 1.48 bits per heavy atom. The van der Waals surface area contributed by atoms with Gasteiger partial charge in [-0.1, -0.05) is 199 Å². The predicted molar refractivity (Wildman–Crippen MR) is 273 cm³/mol. The van der Waals surface area contributed by atoms with Crippen LogP contribution in [0.3, 0.4) is 0 Å². The second kappa shape index (κ2) is 12.7. The SMILES string of the molecule is CC1(C)c2ccccc2-c2ccc(-c3c4ccc(-c5cccc6ccccc56)cc4c(-c4ccc5c(c4)C(C)(C)c4ccccc4-5)c4cc5c(cc34)-c3ccccc3[Si]5(C)C)cc21. The van der Waals surface area contributed by atoms with Crippen LogP contribution < -0.4 is 10.4 Å². The van der Waals surface area contributed by atoms with E-state index in [4.69, 9.17) is 0 Å². The van der Waals surface area contributed by atoms with Crippen molar-refractivity contribution in [1.29, 1.82) is 0 Å². The van der Waals surface area contributed by atoms with Crippen LogP contribution in [0.5, 0.6) is 0 Å². The molecule has 0 N–H and O–H groups in total. The zero-order valence-corrected chi connectivity index (χ0v) is 37.8. The van der Waals surface area contributed by atoms with Gasteiger partial charge < -0.3 is 0 Å². The van der Waals surface area contributed by atoms with Gasteiger partial charge in [0.15, 0.2) is 0 Å². The average Bonchev–Trinajstić information content (AvgIpc) is 3.78. The number of benzene rings is 10. The number of fused-ring (bicyclic) bond motifs is 12. The lowest BCUT2D eigenvalue weighted by Crippen LogP contribution is -2.49. The van der Waals surface area contributed by atoms with Gasteiger partial charge in [-0.05, 0) is 156 Å². The van der Waals surface area contributed by atoms with Crippen LogP contribution in [0.2, 0.25) is 13.1 Å². The van der Waals surface area contributed by atoms with Gasteiger partial charge in [0.05, 0.1) is 0 Å². The maximum absolute atomic E-state index is 2.65. The Hall–Kier alpha value is -6.80. The zero-order chi connectivity index (χ0) is 42.6. The number of rotatable bonds is 3. The predicted octanol–water partition coefficient (Wildman–Crippen LogP) is 15.6. The van der Waals surface area contributed by atoms with Crippen LogP contribution in [0.1, 0.15) is 49.9 Å². The van der Waals surface area contributed by atoms with Crippen molar-refractivity contribution in [3.8, 4) is 66.8 Å². The highest BCUT2D eigenvalue weighted by Crippen LogP contribution is 2.54. The van der Waals surface area contributed by atoms with Crippen LogP contribution >= 0.6 is 0 Å². The van der Waals surface area contributed by atoms with Gasteiger partial charge >= 0.3 is 0 Å². The van der Waals surface area contributed by atoms with E-state index < -0.39 is 8.07 Å². The van der Waals surface area contributed by atoms with Crippen LogP contribution in [0.4, 0.5) is 0 Å². The van der Waals surface area contributed by atoms with E-state index in [0.29, 0.717) is 0 Å². The van der Waals surface area contributed by atoms with Gasteiger partial charge in [-0.15, -0.1) is 0 Å². The molecule has 300 valence electrons. The van der Waals surface area contributed by atoms with Gasteiger partial charge in [0.25, 0.3) is 0 Å². The molecular formula is C62H48Si. The minimum Gasteiger partial charge on any atom is -0.0623 e. The minimum atomic E-state index is -2.03. The quantitative estimate of drug-likeness (QED) is 0.123. The number of hydrogen-bond acceptors (Lipinski definition) is 0.